The van der Waals surface area contributed by atoms with Crippen LogP contribution >= 0.6 is 0 Å². The summed E-state index contributed by atoms with van der Waals surface area (Å²) in [6.45, 7) is 0. The molecule has 0 aliphatic rings. The Morgan fingerprint density at radius 3 is 2.67 bits per heavy atom. The highest BCUT2D eigenvalue weighted by atomic mass is 16.5. The van der Waals surface area contributed by atoms with E-state index in [-0.39, 0.29) is 0 Å². The smallest absolute Gasteiger partial charge is 0.144 e. The summed E-state index contributed by atoms with van der Waals surface area (Å²) in [5.74, 6) is 0. The van der Waals surface area contributed by atoms with Gasteiger partial charge in [0.15, 0.2) is 0 Å². The number of carbonyl (C=O) groups excluding carboxylic acids is 1. The molecule has 1 aromatic rings. The third-order valence-electron chi connectivity index (χ3n) is 1.18. The van der Waals surface area contributed by atoms with E-state index >= 15 is 0 Å². The van der Waals surface area contributed by atoms with Gasteiger partial charge in [0.1, 0.15) is 6.29 Å². The predicted octanol–water partition coefficient (Wildman–Crippen LogP) is 0.339. The van der Waals surface area contributed by atoms with Crippen molar-refractivity contribution < 1.29 is 10.0 Å². The molecule has 0 saturated carbocycles. The van der Waals surface area contributed by atoms with Crippen molar-refractivity contribution in [3.8, 4) is 0 Å². The summed E-state index contributed by atoms with van der Waals surface area (Å²) < 4.78 is 0.919. The molecule has 0 aliphatic heterocycles. The quantitative estimate of drug-likeness (QED) is 0.389. The van der Waals surface area contributed by atoms with Crippen LogP contribution in [0.5, 0.6) is 0 Å². The van der Waals surface area contributed by atoms with E-state index in [1.54, 1.807) is 12.1 Å². The fourth-order valence-corrected chi connectivity index (χ4v) is 0.661. The summed E-state index contributed by atoms with van der Waals surface area (Å²) in [6.07, 6.45) is 6.24. The van der Waals surface area contributed by atoms with Crippen molar-refractivity contribution in [3.05, 3.63) is 42.2 Å². The van der Waals surface area contributed by atoms with E-state index in [9.17, 15) is 4.79 Å². The molecule has 62 valence electrons. The summed E-state index contributed by atoms with van der Waals surface area (Å²) in [5, 5.41) is 9.51. The Hall–Kier alpha value is -1.84. The number of aldehydes is 1. The van der Waals surface area contributed by atoms with Crippen molar-refractivity contribution >= 4 is 6.29 Å². The zero-order valence-corrected chi connectivity index (χ0v) is 6.29. The van der Waals surface area contributed by atoms with E-state index in [4.69, 9.17) is 5.21 Å². The second-order valence-electron chi connectivity index (χ2n) is 2.04. The van der Waals surface area contributed by atoms with Crippen LogP contribution in [-0.2, 0) is 4.79 Å². The number of rotatable bonds is 2. The minimum absolute atomic E-state index is 0.651. The molecule has 1 rings (SSSR count). The van der Waals surface area contributed by atoms with Gasteiger partial charge >= 0.3 is 0 Å². The van der Waals surface area contributed by atoms with Gasteiger partial charge in [-0.15, -0.1) is 0 Å². The molecule has 0 spiro atoms. The number of allylic oxidation sites excluding steroid dienone is 1. The van der Waals surface area contributed by atoms with Crippen molar-refractivity contribution in [1.82, 2.24) is 4.73 Å². The minimum atomic E-state index is 0.651. The fraction of sp³-hybridized carbons (Fsp3) is 0. The Bertz CT molecular complexity index is 332. The second kappa shape index (κ2) is 4.12. The maximum Gasteiger partial charge on any atom is 0.144 e. The van der Waals surface area contributed by atoms with Crippen LogP contribution in [0.4, 0.5) is 0 Å². The highest BCUT2D eigenvalue weighted by molar-refractivity contribution is 5.64. The molecule has 4 heteroatoms. The standard InChI is InChI=1S/C8H8N2O2/c11-7-1-4-9-8-2-5-10(12)6-3-8/h1-7,12H. The van der Waals surface area contributed by atoms with Crippen molar-refractivity contribution in [2.75, 3.05) is 0 Å². The molecule has 12 heavy (non-hydrogen) atoms. The third-order valence-corrected chi connectivity index (χ3v) is 1.18. The van der Waals surface area contributed by atoms with Gasteiger partial charge in [0.2, 0.25) is 0 Å². The maximum atomic E-state index is 9.86. The summed E-state index contributed by atoms with van der Waals surface area (Å²) >= 11 is 0. The Morgan fingerprint density at radius 2 is 2.08 bits per heavy atom. The van der Waals surface area contributed by atoms with E-state index in [1.807, 2.05) is 0 Å². The molecule has 0 saturated heterocycles. The molecule has 0 aromatic carbocycles. The number of hydrogen-bond acceptors (Lipinski definition) is 3. The number of carbonyl (C=O) groups is 1. The lowest BCUT2D eigenvalue weighted by atomic mass is 10.5. The molecule has 4 nitrogen and oxygen atoms in total. The van der Waals surface area contributed by atoms with Gasteiger partial charge in [0.05, 0.1) is 5.36 Å². The zero-order chi connectivity index (χ0) is 8.81. The molecule has 1 aromatic heterocycles. The van der Waals surface area contributed by atoms with Gasteiger partial charge in [-0.05, 0) is 18.2 Å². The van der Waals surface area contributed by atoms with E-state index < -0.39 is 0 Å². The van der Waals surface area contributed by atoms with Gasteiger partial charge in [-0.3, -0.25) is 9.79 Å². The van der Waals surface area contributed by atoms with Crippen LogP contribution in [0.3, 0.4) is 0 Å². The largest absolute Gasteiger partial charge is 0.429 e. The summed E-state index contributed by atoms with van der Waals surface area (Å²) in [4.78, 5) is 13.8. The Balaban J connectivity index is 2.88. The predicted molar refractivity (Wildman–Crippen MR) is 42.4 cm³/mol. The number of pyridine rings is 1. The molecule has 0 unspecified atom stereocenters. The lowest BCUT2D eigenvalue weighted by Crippen LogP contribution is -2.01. The van der Waals surface area contributed by atoms with Crippen LogP contribution in [0, 0.1) is 0 Å². The van der Waals surface area contributed by atoms with Crippen LogP contribution in [0.25, 0.3) is 0 Å². The van der Waals surface area contributed by atoms with Crippen molar-refractivity contribution in [3.63, 3.8) is 0 Å². The molecular formula is C8H8N2O2. The first-order valence-electron chi connectivity index (χ1n) is 3.34. The topological polar surface area (TPSA) is 54.6 Å². The summed E-state index contributed by atoms with van der Waals surface area (Å²) in [6, 6.07) is 3.24. The molecule has 1 N–H and O–H groups in total. The minimum Gasteiger partial charge on any atom is -0.429 e. The summed E-state index contributed by atoms with van der Waals surface area (Å²) in [5.41, 5.74) is 0. The Kier molecular flexibility index (Phi) is 2.84. The van der Waals surface area contributed by atoms with E-state index in [2.05, 4.69) is 4.99 Å². The monoisotopic (exact) mass is 164 g/mol. The van der Waals surface area contributed by atoms with Crippen LogP contribution in [-0.4, -0.2) is 16.2 Å². The van der Waals surface area contributed by atoms with Crippen LogP contribution in [0.1, 0.15) is 0 Å². The van der Waals surface area contributed by atoms with E-state index in [0.717, 1.165) is 4.73 Å². The normalized spacial score (nSPS) is 10.0. The summed E-state index contributed by atoms with van der Waals surface area (Å²) in [7, 11) is 0. The SMILES string of the molecule is O=CC=CN=c1ccn(O)cc1. The van der Waals surface area contributed by atoms with Crippen molar-refractivity contribution in [2.24, 2.45) is 4.99 Å². The average molecular weight is 164 g/mol. The molecule has 1 heterocycles. The average Bonchev–Trinajstić information content (AvgIpc) is 2.09. The Labute approximate surface area is 69.1 Å². The first-order chi connectivity index (χ1) is 5.83. The fourth-order valence-electron chi connectivity index (χ4n) is 0.661. The molecule has 0 amide bonds. The highest BCUT2D eigenvalue weighted by Gasteiger charge is 1.78. The first-order valence-corrected chi connectivity index (χ1v) is 3.34. The highest BCUT2D eigenvalue weighted by Crippen LogP contribution is 1.76. The molecule has 0 fully saturated rings. The third kappa shape index (κ3) is 2.42. The lowest BCUT2D eigenvalue weighted by Gasteiger charge is -1.91. The van der Waals surface area contributed by atoms with Crippen LogP contribution < -0.4 is 5.36 Å². The molecule has 0 bridgehead atoms. The van der Waals surface area contributed by atoms with Gasteiger partial charge in [-0.2, -0.15) is 0 Å². The van der Waals surface area contributed by atoms with Gasteiger partial charge < -0.3 is 5.21 Å². The van der Waals surface area contributed by atoms with Gasteiger partial charge in [0, 0.05) is 18.6 Å². The number of nitrogens with zero attached hydrogens (tertiary/aromatic N) is 2. The van der Waals surface area contributed by atoms with Gasteiger partial charge in [0.25, 0.3) is 0 Å². The number of hydrogen-bond donors (Lipinski definition) is 1. The lowest BCUT2D eigenvalue weighted by molar-refractivity contribution is -0.104. The molecular weight excluding hydrogens is 156 g/mol. The maximum absolute atomic E-state index is 9.86. The molecule has 0 aliphatic carbocycles. The van der Waals surface area contributed by atoms with Crippen LogP contribution in [0.15, 0.2) is 41.8 Å². The molecule has 0 radical (unpaired) electrons. The molecule has 0 atom stereocenters. The van der Waals surface area contributed by atoms with Gasteiger partial charge in [-0.25, -0.2) is 4.73 Å². The second-order valence-corrected chi connectivity index (χ2v) is 2.04. The first kappa shape index (κ1) is 8.26. The Morgan fingerprint density at radius 1 is 1.42 bits per heavy atom. The van der Waals surface area contributed by atoms with Crippen molar-refractivity contribution in [1.29, 1.82) is 0 Å². The van der Waals surface area contributed by atoms with Crippen LogP contribution in [0.2, 0.25) is 0 Å². The van der Waals surface area contributed by atoms with Gasteiger partial charge in [-0.1, -0.05) is 0 Å². The van der Waals surface area contributed by atoms with Crippen molar-refractivity contribution in [2.45, 2.75) is 0 Å². The van der Waals surface area contributed by atoms with E-state index in [0.29, 0.717) is 11.6 Å². The zero-order valence-electron chi connectivity index (χ0n) is 6.29. The number of aromatic nitrogens is 1. The van der Waals surface area contributed by atoms with E-state index in [1.165, 1.54) is 24.7 Å².